The van der Waals surface area contributed by atoms with Crippen molar-refractivity contribution in [2.24, 2.45) is 17.8 Å². The molecule has 0 radical (unpaired) electrons. The van der Waals surface area contributed by atoms with Crippen LogP contribution in [0.5, 0.6) is 0 Å². The van der Waals surface area contributed by atoms with Crippen LogP contribution in [0, 0.1) is 23.6 Å². The van der Waals surface area contributed by atoms with Crippen molar-refractivity contribution < 1.29 is 24.1 Å². The van der Waals surface area contributed by atoms with Gasteiger partial charge in [-0.05, 0) is 30.3 Å². The van der Waals surface area contributed by atoms with E-state index in [4.69, 9.17) is 0 Å². The van der Waals surface area contributed by atoms with Crippen molar-refractivity contribution >= 4 is 29.1 Å². The Balaban J connectivity index is 1.68. The number of rotatable bonds is 2. The lowest BCUT2D eigenvalue weighted by atomic mass is 9.76. The molecule has 0 aliphatic carbocycles. The fourth-order valence-electron chi connectivity index (χ4n) is 5.30. The average Bonchev–Trinajstić information content (AvgIpc) is 3.28. The third-order valence-electron chi connectivity index (χ3n) is 6.56. The highest BCUT2D eigenvalue weighted by Crippen LogP contribution is 2.50. The number of hydrogen-bond donors (Lipinski definition) is 2. The second-order valence-electron chi connectivity index (χ2n) is 8.35. The Labute approximate surface area is 167 Å². The van der Waals surface area contributed by atoms with Gasteiger partial charge in [0.05, 0.1) is 11.4 Å². The largest absolute Gasteiger partial charge is 0.326 e. The number of halogens is 1. The summed E-state index contributed by atoms with van der Waals surface area (Å²) in [7, 11) is 0. The highest BCUT2D eigenvalue weighted by Gasteiger charge is 2.74. The van der Waals surface area contributed by atoms with E-state index in [1.54, 1.807) is 0 Å². The number of carbonyl (C=O) groups excluding carboxylic acids is 3. The average molecular weight is 394 g/mol. The summed E-state index contributed by atoms with van der Waals surface area (Å²) >= 11 is 0. The van der Waals surface area contributed by atoms with Gasteiger partial charge in [0.15, 0.2) is 0 Å². The van der Waals surface area contributed by atoms with E-state index in [0.717, 1.165) is 10.5 Å². The summed E-state index contributed by atoms with van der Waals surface area (Å²) in [4.78, 5) is 41.4. The lowest BCUT2D eigenvalue weighted by molar-refractivity contribution is -0.738. The molecule has 7 heteroatoms. The normalized spacial score (nSPS) is 30.3. The Kier molecular flexibility index (Phi) is 3.70. The molecule has 0 saturated carbocycles. The minimum absolute atomic E-state index is 0.0763. The van der Waals surface area contributed by atoms with Gasteiger partial charge in [0.2, 0.25) is 17.4 Å². The van der Waals surface area contributed by atoms with Crippen LogP contribution in [0.4, 0.5) is 15.8 Å². The van der Waals surface area contributed by atoms with Gasteiger partial charge >= 0.3 is 0 Å². The molecule has 148 valence electrons. The summed E-state index contributed by atoms with van der Waals surface area (Å²) in [6.45, 7) is 3.99. The number of nitrogens with two attached hydrogens (primary N) is 1. The fraction of sp³-hybridized carbons (Fsp3) is 0.318. The van der Waals surface area contributed by atoms with E-state index in [9.17, 15) is 18.8 Å². The van der Waals surface area contributed by atoms with Crippen LogP contribution in [0.3, 0.4) is 0 Å². The summed E-state index contributed by atoms with van der Waals surface area (Å²) in [6.07, 6.45) is 0. The highest BCUT2D eigenvalue weighted by atomic mass is 19.1. The Bertz CT molecular complexity index is 1050. The maximum atomic E-state index is 13.6. The number of quaternary nitrogens is 1. The third-order valence-corrected chi connectivity index (χ3v) is 6.56. The lowest BCUT2D eigenvalue weighted by Crippen LogP contribution is -2.99. The van der Waals surface area contributed by atoms with Crippen molar-refractivity contribution in [2.75, 3.05) is 10.2 Å². The Morgan fingerprint density at radius 1 is 1.03 bits per heavy atom. The first kappa shape index (κ1) is 18.0. The van der Waals surface area contributed by atoms with Crippen molar-refractivity contribution in [2.45, 2.75) is 25.4 Å². The van der Waals surface area contributed by atoms with E-state index in [2.05, 4.69) is 5.32 Å². The highest BCUT2D eigenvalue weighted by molar-refractivity contribution is 6.25. The zero-order valence-electron chi connectivity index (χ0n) is 16.1. The Hall–Kier alpha value is -3.06. The number of nitrogens with one attached hydrogen (secondary N) is 1. The van der Waals surface area contributed by atoms with Gasteiger partial charge in [-0.25, -0.2) is 9.29 Å². The number of nitrogens with zero attached hydrogens (tertiary/aromatic N) is 1. The summed E-state index contributed by atoms with van der Waals surface area (Å²) in [5.41, 5.74) is 0.584. The zero-order chi connectivity index (χ0) is 20.5. The molecular weight excluding hydrogens is 373 g/mol. The maximum absolute atomic E-state index is 13.6. The van der Waals surface area contributed by atoms with Crippen LogP contribution < -0.4 is 15.5 Å². The van der Waals surface area contributed by atoms with Crippen LogP contribution in [0.1, 0.15) is 19.4 Å². The predicted molar refractivity (Wildman–Crippen MR) is 103 cm³/mol. The van der Waals surface area contributed by atoms with E-state index >= 15 is 0 Å². The minimum atomic E-state index is -1.17. The van der Waals surface area contributed by atoms with Gasteiger partial charge < -0.3 is 10.6 Å². The summed E-state index contributed by atoms with van der Waals surface area (Å²) in [5, 5.41) is 4.82. The molecule has 2 fully saturated rings. The Morgan fingerprint density at radius 2 is 1.72 bits per heavy atom. The Morgan fingerprint density at radius 3 is 2.41 bits per heavy atom. The number of benzene rings is 2. The van der Waals surface area contributed by atoms with Crippen molar-refractivity contribution in [3.05, 3.63) is 59.9 Å². The minimum Gasteiger partial charge on any atom is -0.326 e. The molecule has 3 heterocycles. The molecule has 0 unspecified atom stereocenters. The van der Waals surface area contributed by atoms with Gasteiger partial charge in [0.1, 0.15) is 23.7 Å². The molecule has 29 heavy (non-hydrogen) atoms. The van der Waals surface area contributed by atoms with Gasteiger partial charge in [-0.2, -0.15) is 0 Å². The van der Waals surface area contributed by atoms with Gasteiger partial charge in [-0.1, -0.05) is 32.0 Å². The molecule has 2 saturated heterocycles. The van der Waals surface area contributed by atoms with E-state index in [0.29, 0.717) is 11.4 Å². The standard InChI is InChI=1S/C22H20FN3O3/c1-11(2)18-16-17(20(28)26(19(16)27)13-9-7-12(23)8-10-13)22(25-18)14-5-3-4-6-15(14)24-21(22)29/h3-11,16-18,25H,1-2H3,(H,24,29)/p+1/t16-,17+,18+,22-/m0/s1. The van der Waals surface area contributed by atoms with Crippen LogP contribution in [-0.2, 0) is 19.9 Å². The van der Waals surface area contributed by atoms with Gasteiger partial charge in [0, 0.05) is 11.5 Å². The van der Waals surface area contributed by atoms with E-state index < -0.39 is 29.1 Å². The van der Waals surface area contributed by atoms with Crippen LogP contribution >= 0.6 is 0 Å². The smallest absolute Gasteiger partial charge is 0.291 e. The molecule has 2 aromatic carbocycles. The SMILES string of the molecule is CC(C)[C@H]1[NH2+][C@]2(C(=O)Nc3ccccc32)[C@H]2C(=O)N(c3ccc(F)cc3)C(=O)[C@H]12. The van der Waals surface area contributed by atoms with Crippen LogP contribution in [-0.4, -0.2) is 23.8 Å². The molecule has 5 rings (SSSR count). The molecule has 3 aliphatic heterocycles. The first-order valence-corrected chi connectivity index (χ1v) is 9.76. The van der Waals surface area contributed by atoms with Crippen LogP contribution in [0.2, 0.25) is 0 Å². The molecule has 6 nitrogen and oxygen atoms in total. The third kappa shape index (κ3) is 2.22. The second kappa shape index (κ2) is 5.97. The molecule has 0 bridgehead atoms. The number of anilines is 2. The molecule has 2 aromatic rings. The fourth-order valence-corrected chi connectivity index (χ4v) is 5.30. The number of amides is 3. The number of para-hydroxylation sites is 1. The quantitative estimate of drug-likeness (QED) is 0.755. The summed E-state index contributed by atoms with van der Waals surface area (Å²) in [5.74, 6) is -2.79. The molecule has 3 aliphatic rings. The van der Waals surface area contributed by atoms with Crippen molar-refractivity contribution in [1.29, 1.82) is 0 Å². The molecule has 3 N–H and O–H groups in total. The molecule has 3 amide bonds. The van der Waals surface area contributed by atoms with E-state index in [1.165, 1.54) is 24.3 Å². The van der Waals surface area contributed by atoms with Crippen molar-refractivity contribution in [3.63, 3.8) is 0 Å². The first-order chi connectivity index (χ1) is 13.9. The first-order valence-electron chi connectivity index (χ1n) is 9.76. The van der Waals surface area contributed by atoms with Crippen molar-refractivity contribution in [3.8, 4) is 0 Å². The predicted octanol–water partition coefficient (Wildman–Crippen LogP) is 1.38. The lowest BCUT2D eigenvalue weighted by Gasteiger charge is -2.27. The van der Waals surface area contributed by atoms with Gasteiger partial charge in [-0.15, -0.1) is 0 Å². The summed E-state index contributed by atoms with van der Waals surface area (Å²) in [6, 6.07) is 12.4. The van der Waals surface area contributed by atoms with Crippen molar-refractivity contribution in [1.82, 2.24) is 0 Å². The number of imide groups is 1. The maximum Gasteiger partial charge on any atom is 0.291 e. The number of carbonyl (C=O) groups is 3. The summed E-state index contributed by atoms with van der Waals surface area (Å²) < 4.78 is 13.4. The second-order valence-corrected chi connectivity index (χ2v) is 8.35. The molecule has 4 atom stereocenters. The van der Waals surface area contributed by atoms with Gasteiger partial charge in [-0.3, -0.25) is 14.4 Å². The van der Waals surface area contributed by atoms with Crippen LogP contribution in [0.25, 0.3) is 0 Å². The van der Waals surface area contributed by atoms with E-state index in [1.807, 2.05) is 43.4 Å². The van der Waals surface area contributed by atoms with E-state index in [-0.39, 0.29) is 23.8 Å². The monoisotopic (exact) mass is 394 g/mol. The molecule has 0 aromatic heterocycles. The number of hydrogen-bond acceptors (Lipinski definition) is 3. The number of fused-ring (bicyclic) bond motifs is 4. The topological polar surface area (TPSA) is 83.1 Å². The van der Waals surface area contributed by atoms with Gasteiger partial charge in [0.25, 0.3) is 5.91 Å². The molecule has 1 spiro atoms. The molecular formula is C22H21FN3O3+. The van der Waals surface area contributed by atoms with Crippen LogP contribution in [0.15, 0.2) is 48.5 Å². The zero-order valence-corrected chi connectivity index (χ0v) is 16.1.